The molecule has 3 heterocycles. The maximum atomic E-state index is 13.4. The minimum atomic E-state index is -0.579. The summed E-state index contributed by atoms with van der Waals surface area (Å²) >= 11 is 0. The molecule has 0 saturated heterocycles. The first-order valence-corrected chi connectivity index (χ1v) is 10.6. The number of ether oxygens (including phenoxy) is 1. The number of pyridine rings is 1. The molecule has 170 valence electrons. The van der Waals surface area contributed by atoms with Crippen LogP contribution in [0.2, 0.25) is 0 Å². The summed E-state index contributed by atoms with van der Waals surface area (Å²) in [5, 5.41) is 20.7. The van der Waals surface area contributed by atoms with E-state index in [1.165, 1.54) is 0 Å². The molecule has 1 amide bonds. The van der Waals surface area contributed by atoms with Crippen molar-refractivity contribution in [2.45, 2.75) is 13.0 Å². The Bertz CT molecular complexity index is 1380. The smallest absolute Gasteiger partial charge is 0.255 e. The molecule has 1 aliphatic rings. The van der Waals surface area contributed by atoms with E-state index in [4.69, 9.17) is 9.84 Å². The number of phenolic OH excluding ortho intramolecular Hbond substituents is 1. The molecule has 1 atom stereocenters. The van der Waals surface area contributed by atoms with Crippen LogP contribution in [0.1, 0.15) is 18.5 Å². The number of carbonyl (C=O) groups excluding carboxylic acids is 1. The molecule has 0 unspecified atom stereocenters. The number of anilines is 2. The third-order valence-electron chi connectivity index (χ3n) is 5.57. The van der Waals surface area contributed by atoms with Crippen molar-refractivity contribution in [2.75, 3.05) is 17.7 Å². The highest BCUT2D eigenvalue weighted by Crippen LogP contribution is 2.38. The van der Waals surface area contributed by atoms with Crippen molar-refractivity contribution in [1.82, 2.24) is 19.7 Å². The number of nitrogens with zero attached hydrogens (tertiary/aromatic N) is 4. The van der Waals surface area contributed by atoms with Gasteiger partial charge in [-0.15, -0.1) is 5.10 Å². The van der Waals surface area contributed by atoms with Gasteiger partial charge in [0.2, 0.25) is 5.95 Å². The predicted octanol–water partition coefficient (Wildman–Crippen LogP) is 3.98. The maximum Gasteiger partial charge on any atom is 0.255 e. The average molecular weight is 454 g/mol. The molecule has 0 radical (unpaired) electrons. The van der Waals surface area contributed by atoms with E-state index in [0.717, 1.165) is 11.1 Å². The van der Waals surface area contributed by atoms with Crippen molar-refractivity contribution in [3.8, 4) is 22.9 Å². The Morgan fingerprint density at radius 3 is 2.65 bits per heavy atom. The summed E-state index contributed by atoms with van der Waals surface area (Å²) < 4.78 is 7.17. The van der Waals surface area contributed by atoms with E-state index in [-0.39, 0.29) is 11.7 Å². The highest BCUT2D eigenvalue weighted by atomic mass is 16.5. The largest absolute Gasteiger partial charge is 0.508 e. The number of phenols is 1. The lowest BCUT2D eigenvalue weighted by molar-refractivity contribution is -0.113. The van der Waals surface area contributed by atoms with E-state index in [2.05, 4.69) is 20.6 Å². The van der Waals surface area contributed by atoms with E-state index in [1.807, 2.05) is 31.2 Å². The fraction of sp³-hybridized carbons (Fsp3) is 0.120. The van der Waals surface area contributed by atoms with Crippen LogP contribution >= 0.6 is 0 Å². The summed E-state index contributed by atoms with van der Waals surface area (Å²) in [5.41, 5.74) is 3.20. The van der Waals surface area contributed by atoms with E-state index in [9.17, 15) is 9.90 Å². The van der Waals surface area contributed by atoms with Gasteiger partial charge in [-0.2, -0.15) is 4.98 Å². The fourth-order valence-electron chi connectivity index (χ4n) is 3.99. The van der Waals surface area contributed by atoms with Crippen LogP contribution in [0, 0.1) is 0 Å². The Morgan fingerprint density at radius 2 is 1.91 bits per heavy atom. The third-order valence-corrected chi connectivity index (χ3v) is 5.57. The summed E-state index contributed by atoms with van der Waals surface area (Å²) in [5.74, 6) is 1.44. The van der Waals surface area contributed by atoms with Crippen LogP contribution in [0.5, 0.6) is 11.5 Å². The lowest BCUT2D eigenvalue weighted by atomic mass is 9.95. The minimum absolute atomic E-state index is 0.133. The Morgan fingerprint density at radius 1 is 1.12 bits per heavy atom. The molecule has 9 heteroatoms. The van der Waals surface area contributed by atoms with Gasteiger partial charge in [0.15, 0.2) is 5.82 Å². The van der Waals surface area contributed by atoms with Crippen LogP contribution in [0.4, 0.5) is 11.6 Å². The monoisotopic (exact) mass is 454 g/mol. The molecule has 0 fully saturated rings. The van der Waals surface area contributed by atoms with Crippen LogP contribution < -0.4 is 15.4 Å². The van der Waals surface area contributed by atoms with E-state index in [0.29, 0.717) is 34.5 Å². The Balaban J connectivity index is 1.62. The molecule has 0 spiro atoms. The molecule has 0 bridgehead atoms. The zero-order chi connectivity index (χ0) is 23.7. The summed E-state index contributed by atoms with van der Waals surface area (Å²) in [6.07, 6.45) is 3.23. The van der Waals surface area contributed by atoms with E-state index >= 15 is 0 Å². The first-order chi connectivity index (χ1) is 16.5. The van der Waals surface area contributed by atoms with Crippen molar-refractivity contribution in [3.63, 3.8) is 0 Å². The number of hydrogen-bond donors (Lipinski definition) is 3. The molecule has 1 aliphatic heterocycles. The van der Waals surface area contributed by atoms with Crippen LogP contribution in [-0.4, -0.2) is 37.9 Å². The quantitative estimate of drug-likeness (QED) is 0.418. The zero-order valence-corrected chi connectivity index (χ0v) is 18.6. The molecule has 0 aliphatic carbocycles. The first-order valence-electron chi connectivity index (χ1n) is 10.6. The van der Waals surface area contributed by atoms with Gasteiger partial charge in [-0.05, 0) is 48.9 Å². The molecule has 0 saturated carbocycles. The van der Waals surface area contributed by atoms with Crippen molar-refractivity contribution in [1.29, 1.82) is 0 Å². The van der Waals surface area contributed by atoms with Crippen molar-refractivity contribution in [2.24, 2.45) is 0 Å². The highest BCUT2D eigenvalue weighted by molar-refractivity contribution is 6.06. The second-order valence-corrected chi connectivity index (χ2v) is 7.76. The van der Waals surface area contributed by atoms with Crippen LogP contribution in [-0.2, 0) is 4.79 Å². The number of amides is 1. The lowest BCUT2D eigenvalue weighted by Crippen LogP contribution is -2.31. The molecule has 2 aromatic heterocycles. The number of rotatable bonds is 5. The van der Waals surface area contributed by atoms with E-state index < -0.39 is 6.04 Å². The Kier molecular flexibility index (Phi) is 5.43. The maximum absolute atomic E-state index is 13.4. The van der Waals surface area contributed by atoms with Crippen LogP contribution in [0.15, 0.2) is 84.3 Å². The Hall–Kier alpha value is -4.66. The number of hydrogen-bond acceptors (Lipinski definition) is 7. The molecular weight excluding hydrogens is 432 g/mol. The molecule has 4 aromatic rings. The number of nitrogens with one attached hydrogen (secondary N) is 2. The molecule has 3 N–H and O–H groups in total. The van der Waals surface area contributed by atoms with Crippen molar-refractivity contribution < 1.29 is 14.6 Å². The fourth-order valence-corrected chi connectivity index (χ4v) is 3.99. The van der Waals surface area contributed by atoms with Crippen LogP contribution in [0.3, 0.4) is 0 Å². The second-order valence-electron chi connectivity index (χ2n) is 7.76. The topological polar surface area (TPSA) is 114 Å². The molecule has 2 aromatic carbocycles. The predicted molar refractivity (Wildman–Crippen MR) is 127 cm³/mol. The van der Waals surface area contributed by atoms with Gasteiger partial charge >= 0.3 is 0 Å². The number of benzene rings is 2. The van der Waals surface area contributed by atoms with Crippen molar-refractivity contribution in [3.05, 3.63) is 89.9 Å². The van der Waals surface area contributed by atoms with Gasteiger partial charge in [-0.3, -0.25) is 9.78 Å². The van der Waals surface area contributed by atoms with Gasteiger partial charge in [0.1, 0.15) is 17.5 Å². The third kappa shape index (κ3) is 3.83. The molecule has 34 heavy (non-hydrogen) atoms. The average Bonchev–Trinajstić information content (AvgIpc) is 3.27. The second kappa shape index (κ2) is 8.70. The Labute approximate surface area is 195 Å². The molecule has 5 rings (SSSR count). The summed E-state index contributed by atoms with van der Waals surface area (Å²) in [7, 11) is 1.60. The number of allylic oxidation sites excluding steroid dienone is 1. The van der Waals surface area contributed by atoms with Crippen molar-refractivity contribution >= 4 is 17.5 Å². The minimum Gasteiger partial charge on any atom is -0.508 e. The van der Waals surface area contributed by atoms with Gasteiger partial charge < -0.3 is 20.5 Å². The van der Waals surface area contributed by atoms with Gasteiger partial charge in [-0.25, -0.2) is 4.68 Å². The number of carbonyl (C=O) groups is 1. The summed E-state index contributed by atoms with van der Waals surface area (Å²) in [4.78, 5) is 22.2. The number of fused-ring (bicyclic) bond motifs is 1. The molecule has 9 nitrogen and oxygen atoms in total. The normalized spacial score (nSPS) is 14.8. The zero-order valence-electron chi connectivity index (χ0n) is 18.6. The lowest BCUT2D eigenvalue weighted by Gasteiger charge is -2.28. The van der Waals surface area contributed by atoms with Crippen LogP contribution in [0.25, 0.3) is 11.4 Å². The summed E-state index contributed by atoms with van der Waals surface area (Å²) in [6, 6.07) is 17.1. The number of para-hydroxylation sites is 1. The van der Waals surface area contributed by atoms with Gasteiger partial charge in [-0.1, -0.05) is 24.3 Å². The summed E-state index contributed by atoms with van der Waals surface area (Å²) in [6.45, 7) is 1.83. The van der Waals surface area contributed by atoms with Gasteiger partial charge in [0.05, 0.1) is 30.1 Å². The number of aromatic hydroxyl groups is 1. The number of aromatic nitrogens is 4. The standard InChI is InChI=1S/C25H22N6O3/c1-15-21(24(33)28-17-6-5-13-26-14-17)22(16-9-11-18(32)12-10-16)31-25(27-15)29-23(30-31)19-7-3-4-8-20(19)34-2/h3-14,22,32H,1-2H3,(H,28,33)(H,27,29,30)/t22-/m1/s1. The van der Waals surface area contributed by atoms with E-state index in [1.54, 1.807) is 60.6 Å². The number of methoxy groups -OCH3 is 1. The van der Waals surface area contributed by atoms with Gasteiger partial charge in [0.25, 0.3) is 5.91 Å². The first kappa shape index (κ1) is 21.2. The highest BCUT2D eigenvalue weighted by Gasteiger charge is 2.34. The SMILES string of the molecule is COc1ccccc1-c1nc2n(n1)[C@H](c1ccc(O)cc1)C(C(=O)Nc1cccnc1)=C(C)N2. The van der Waals surface area contributed by atoms with Gasteiger partial charge in [0, 0.05) is 11.9 Å². The molecular formula is C25H22N6O3.